The van der Waals surface area contributed by atoms with Gasteiger partial charge in [0.1, 0.15) is 5.69 Å². The number of aryl methyl sites for hydroxylation is 1. The van der Waals surface area contributed by atoms with Crippen molar-refractivity contribution in [3.63, 3.8) is 0 Å². The molecule has 0 saturated heterocycles. The molecule has 2 aromatic heterocycles. The van der Waals surface area contributed by atoms with Gasteiger partial charge in [-0.1, -0.05) is 13.8 Å². The highest BCUT2D eigenvalue weighted by Gasteiger charge is 2.09. The Bertz CT molecular complexity index is 472. The van der Waals surface area contributed by atoms with Crippen LogP contribution in [0.5, 0.6) is 0 Å². The van der Waals surface area contributed by atoms with Crippen LogP contribution in [0, 0.1) is 0 Å². The molecule has 2 aromatic rings. The topological polar surface area (TPSA) is 55.9 Å². The summed E-state index contributed by atoms with van der Waals surface area (Å²) < 4.78 is 7.59. The average molecular weight is 234 g/mol. The molecule has 92 valence electrons. The van der Waals surface area contributed by atoms with Crippen molar-refractivity contribution in [2.24, 2.45) is 7.05 Å². The predicted molar refractivity (Wildman–Crippen MR) is 65.5 cm³/mol. The summed E-state index contributed by atoms with van der Waals surface area (Å²) in [6.45, 7) is 5.12. The minimum atomic E-state index is 0.488. The Morgan fingerprint density at radius 1 is 1.41 bits per heavy atom. The number of imidazole rings is 1. The maximum absolute atomic E-state index is 5.68. The lowest BCUT2D eigenvalue weighted by Crippen LogP contribution is -2.24. The lowest BCUT2D eigenvalue weighted by atomic mass is 10.3. The first-order valence-corrected chi connectivity index (χ1v) is 5.81. The van der Waals surface area contributed by atoms with Gasteiger partial charge in [0, 0.05) is 26.1 Å². The molecule has 0 fully saturated rings. The molecule has 5 heteroatoms. The van der Waals surface area contributed by atoms with Crippen molar-refractivity contribution in [1.82, 2.24) is 19.9 Å². The number of nitrogens with zero attached hydrogens (tertiary/aromatic N) is 3. The first kappa shape index (κ1) is 11.9. The van der Waals surface area contributed by atoms with Gasteiger partial charge in [0.05, 0.1) is 18.7 Å². The molecule has 0 atom stereocenters. The van der Waals surface area contributed by atoms with Crippen LogP contribution in [0.3, 0.4) is 0 Å². The molecule has 0 saturated carbocycles. The van der Waals surface area contributed by atoms with Gasteiger partial charge < -0.3 is 14.3 Å². The molecule has 0 aliphatic rings. The van der Waals surface area contributed by atoms with E-state index < -0.39 is 0 Å². The molecule has 0 amide bonds. The molecular weight excluding hydrogens is 216 g/mol. The highest BCUT2D eigenvalue weighted by atomic mass is 16.4. The second-order valence-electron chi connectivity index (χ2n) is 4.37. The first-order chi connectivity index (χ1) is 8.16. The fraction of sp³-hybridized carbons (Fsp3) is 0.500. The highest BCUT2D eigenvalue weighted by Crippen LogP contribution is 2.18. The number of hydrogen-bond donors (Lipinski definition) is 1. The van der Waals surface area contributed by atoms with E-state index in [-0.39, 0.29) is 0 Å². The van der Waals surface area contributed by atoms with Crippen LogP contribution in [-0.4, -0.2) is 27.1 Å². The van der Waals surface area contributed by atoms with Crippen LogP contribution >= 0.6 is 0 Å². The van der Waals surface area contributed by atoms with Crippen molar-refractivity contribution >= 4 is 0 Å². The van der Waals surface area contributed by atoms with Crippen LogP contribution in [0.25, 0.3) is 11.5 Å². The normalized spacial score (nSPS) is 11.3. The van der Waals surface area contributed by atoms with Crippen LogP contribution in [0.15, 0.2) is 23.1 Å². The van der Waals surface area contributed by atoms with Gasteiger partial charge in [-0.2, -0.15) is 0 Å². The molecule has 5 nitrogen and oxygen atoms in total. The van der Waals surface area contributed by atoms with Gasteiger partial charge in [-0.05, 0) is 0 Å². The van der Waals surface area contributed by atoms with Crippen molar-refractivity contribution in [2.45, 2.75) is 26.3 Å². The third kappa shape index (κ3) is 2.94. The van der Waals surface area contributed by atoms with E-state index in [1.54, 1.807) is 18.7 Å². The van der Waals surface area contributed by atoms with Crippen molar-refractivity contribution in [3.8, 4) is 11.5 Å². The molecule has 0 unspecified atom stereocenters. The number of rotatable bonds is 5. The smallest absolute Gasteiger partial charge is 0.196 e. The molecule has 0 aliphatic heterocycles. The van der Waals surface area contributed by atoms with Crippen LogP contribution in [0.1, 0.15) is 19.7 Å². The number of oxazole rings is 1. The number of hydrogen-bond acceptors (Lipinski definition) is 4. The van der Waals surface area contributed by atoms with E-state index in [1.807, 2.05) is 11.6 Å². The molecule has 0 aromatic carbocycles. The quantitative estimate of drug-likeness (QED) is 0.854. The van der Waals surface area contributed by atoms with Crippen LogP contribution in [-0.2, 0) is 13.5 Å². The number of aromatic nitrogens is 3. The standard InChI is InChI=1S/C12H18N4O/c1-9(2)14-5-4-12-15-7-11(17-12)10-6-13-8-16(10)3/h6-9,14H,4-5H2,1-3H3. The van der Waals surface area contributed by atoms with Crippen molar-refractivity contribution in [3.05, 3.63) is 24.6 Å². The first-order valence-electron chi connectivity index (χ1n) is 5.81. The Kier molecular flexibility index (Phi) is 3.58. The summed E-state index contributed by atoms with van der Waals surface area (Å²) in [5, 5.41) is 3.33. The van der Waals surface area contributed by atoms with Gasteiger partial charge in [-0.25, -0.2) is 9.97 Å². The Balaban J connectivity index is 1.99. The van der Waals surface area contributed by atoms with Crippen molar-refractivity contribution in [2.75, 3.05) is 6.54 Å². The summed E-state index contributed by atoms with van der Waals surface area (Å²) in [4.78, 5) is 8.32. The van der Waals surface area contributed by atoms with E-state index in [9.17, 15) is 0 Å². The molecule has 2 heterocycles. The summed E-state index contributed by atoms with van der Waals surface area (Å²) in [6, 6.07) is 0.488. The lowest BCUT2D eigenvalue weighted by Gasteiger charge is -2.05. The van der Waals surface area contributed by atoms with Gasteiger partial charge in [0.2, 0.25) is 0 Å². The lowest BCUT2D eigenvalue weighted by molar-refractivity contribution is 0.482. The SMILES string of the molecule is CC(C)NCCc1ncc(-c2cncn2C)o1. The summed E-state index contributed by atoms with van der Waals surface area (Å²) in [7, 11) is 1.94. The fourth-order valence-corrected chi connectivity index (χ4v) is 1.61. The van der Waals surface area contributed by atoms with Crippen LogP contribution < -0.4 is 5.32 Å². The van der Waals surface area contributed by atoms with E-state index in [0.29, 0.717) is 6.04 Å². The number of nitrogens with one attached hydrogen (secondary N) is 1. The zero-order valence-corrected chi connectivity index (χ0v) is 10.5. The molecule has 17 heavy (non-hydrogen) atoms. The Labute approximate surface area is 101 Å². The van der Waals surface area contributed by atoms with Crippen molar-refractivity contribution in [1.29, 1.82) is 0 Å². The van der Waals surface area contributed by atoms with E-state index in [4.69, 9.17) is 4.42 Å². The second-order valence-corrected chi connectivity index (χ2v) is 4.37. The minimum absolute atomic E-state index is 0.488. The zero-order valence-electron chi connectivity index (χ0n) is 10.5. The molecule has 0 aliphatic carbocycles. The van der Waals surface area contributed by atoms with Gasteiger partial charge in [-0.3, -0.25) is 0 Å². The summed E-state index contributed by atoms with van der Waals surface area (Å²) in [5.74, 6) is 1.53. The Hall–Kier alpha value is -1.62. The Morgan fingerprint density at radius 3 is 2.88 bits per heavy atom. The fourth-order valence-electron chi connectivity index (χ4n) is 1.61. The maximum Gasteiger partial charge on any atom is 0.196 e. The second kappa shape index (κ2) is 5.14. The maximum atomic E-state index is 5.68. The molecule has 0 bridgehead atoms. The van der Waals surface area contributed by atoms with Crippen LogP contribution in [0.4, 0.5) is 0 Å². The van der Waals surface area contributed by atoms with E-state index in [1.165, 1.54) is 0 Å². The largest absolute Gasteiger partial charge is 0.439 e. The summed E-state index contributed by atoms with van der Waals surface area (Å²) >= 11 is 0. The van der Waals surface area contributed by atoms with E-state index in [0.717, 1.165) is 30.3 Å². The molecular formula is C12H18N4O. The summed E-state index contributed by atoms with van der Waals surface area (Å²) in [5.41, 5.74) is 0.945. The third-order valence-corrected chi connectivity index (χ3v) is 2.51. The molecule has 1 N–H and O–H groups in total. The van der Waals surface area contributed by atoms with Gasteiger partial charge in [0.15, 0.2) is 11.7 Å². The highest BCUT2D eigenvalue weighted by molar-refractivity contribution is 5.49. The summed E-state index contributed by atoms with van der Waals surface area (Å²) in [6.07, 6.45) is 6.08. The molecule has 0 radical (unpaired) electrons. The van der Waals surface area contributed by atoms with E-state index >= 15 is 0 Å². The van der Waals surface area contributed by atoms with Crippen LogP contribution in [0.2, 0.25) is 0 Å². The van der Waals surface area contributed by atoms with Crippen molar-refractivity contribution < 1.29 is 4.42 Å². The molecule has 0 spiro atoms. The third-order valence-electron chi connectivity index (χ3n) is 2.51. The molecule has 2 rings (SSSR count). The monoisotopic (exact) mass is 234 g/mol. The van der Waals surface area contributed by atoms with Gasteiger partial charge in [0.25, 0.3) is 0 Å². The van der Waals surface area contributed by atoms with Gasteiger partial charge in [-0.15, -0.1) is 0 Å². The van der Waals surface area contributed by atoms with E-state index in [2.05, 4.69) is 29.1 Å². The zero-order chi connectivity index (χ0) is 12.3. The predicted octanol–water partition coefficient (Wildman–Crippen LogP) is 1.62. The average Bonchev–Trinajstić information content (AvgIpc) is 2.86. The van der Waals surface area contributed by atoms with Gasteiger partial charge >= 0.3 is 0 Å². The minimum Gasteiger partial charge on any atom is -0.439 e. The Morgan fingerprint density at radius 2 is 2.24 bits per heavy atom.